The van der Waals surface area contributed by atoms with Crippen LogP contribution >= 0.6 is 9.47 Å². The smallest absolute Gasteiger partial charge is 0.226 e. The Morgan fingerprint density at radius 1 is 1.14 bits per heavy atom. The number of hydrogen-bond acceptors (Lipinski definition) is 6. The SMILES string of the molecule is COc1ccc(-c2nc(CCC(=O)c3ccccc3OC(C)C)co2)cc1OP. The summed E-state index contributed by atoms with van der Waals surface area (Å²) in [6, 6.07) is 12.7. The first kappa shape index (κ1) is 20.9. The van der Waals surface area contributed by atoms with Crippen molar-refractivity contribution in [2.45, 2.75) is 32.8 Å². The number of ether oxygens (including phenoxy) is 2. The van der Waals surface area contributed by atoms with Gasteiger partial charge in [-0.05, 0) is 44.2 Å². The van der Waals surface area contributed by atoms with Crippen molar-refractivity contribution in [3.63, 3.8) is 0 Å². The lowest BCUT2D eigenvalue weighted by Crippen LogP contribution is -2.10. The summed E-state index contributed by atoms with van der Waals surface area (Å²) < 4.78 is 21.8. The molecule has 7 heteroatoms. The number of aromatic nitrogens is 1. The molecule has 0 radical (unpaired) electrons. The predicted octanol–water partition coefficient (Wildman–Crippen LogP) is 5.12. The van der Waals surface area contributed by atoms with Gasteiger partial charge >= 0.3 is 0 Å². The Balaban J connectivity index is 1.69. The minimum Gasteiger partial charge on any atom is -0.493 e. The van der Waals surface area contributed by atoms with Gasteiger partial charge in [-0.1, -0.05) is 12.1 Å². The van der Waals surface area contributed by atoms with Crippen molar-refractivity contribution < 1.29 is 23.2 Å². The van der Waals surface area contributed by atoms with Crippen molar-refractivity contribution in [1.29, 1.82) is 0 Å². The summed E-state index contributed by atoms with van der Waals surface area (Å²) in [6.45, 7) is 3.87. The summed E-state index contributed by atoms with van der Waals surface area (Å²) in [7, 11) is 3.77. The third-order valence-electron chi connectivity index (χ3n) is 4.25. The summed E-state index contributed by atoms with van der Waals surface area (Å²) in [5.41, 5.74) is 2.05. The fourth-order valence-electron chi connectivity index (χ4n) is 2.89. The van der Waals surface area contributed by atoms with Gasteiger partial charge in [0.1, 0.15) is 12.0 Å². The van der Waals surface area contributed by atoms with Crippen molar-refractivity contribution in [2.75, 3.05) is 7.11 Å². The third kappa shape index (κ3) is 5.15. The number of oxazole rings is 1. The molecule has 0 saturated heterocycles. The van der Waals surface area contributed by atoms with E-state index in [9.17, 15) is 4.79 Å². The highest BCUT2D eigenvalue weighted by molar-refractivity contribution is 7.10. The molecule has 3 aromatic rings. The van der Waals surface area contributed by atoms with Crippen LogP contribution < -0.4 is 14.0 Å². The molecule has 0 bridgehead atoms. The summed E-state index contributed by atoms with van der Waals surface area (Å²) in [6.07, 6.45) is 2.36. The minimum atomic E-state index is 0.00179. The first-order valence-corrected chi connectivity index (χ1v) is 9.77. The van der Waals surface area contributed by atoms with Gasteiger partial charge in [0.15, 0.2) is 17.3 Å². The molecule has 29 heavy (non-hydrogen) atoms. The van der Waals surface area contributed by atoms with Gasteiger partial charge in [0.05, 0.1) is 33.9 Å². The van der Waals surface area contributed by atoms with Gasteiger partial charge in [-0.3, -0.25) is 4.79 Å². The number of methoxy groups -OCH3 is 1. The van der Waals surface area contributed by atoms with E-state index in [1.165, 1.54) is 0 Å². The molecule has 0 spiro atoms. The van der Waals surface area contributed by atoms with Gasteiger partial charge in [0.2, 0.25) is 5.89 Å². The van der Waals surface area contributed by atoms with Crippen LogP contribution in [-0.2, 0) is 6.42 Å². The van der Waals surface area contributed by atoms with E-state index in [1.807, 2.05) is 38.1 Å². The number of para-hydroxylation sites is 1. The Morgan fingerprint density at radius 3 is 2.66 bits per heavy atom. The van der Waals surface area contributed by atoms with E-state index in [4.69, 9.17) is 18.4 Å². The number of carbonyl (C=O) groups excluding carboxylic acids is 1. The van der Waals surface area contributed by atoms with Crippen LogP contribution in [-0.4, -0.2) is 24.0 Å². The lowest BCUT2D eigenvalue weighted by molar-refractivity contribution is 0.0976. The van der Waals surface area contributed by atoms with E-state index >= 15 is 0 Å². The molecule has 0 aliphatic heterocycles. The molecule has 0 saturated carbocycles. The van der Waals surface area contributed by atoms with E-state index in [-0.39, 0.29) is 11.9 Å². The molecule has 6 nitrogen and oxygen atoms in total. The summed E-state index contributed by atoms with van der Waals surface area (Å²) in [5, 5.41) is 0. The number of nitrogens with zero attached hydrogens (tertiary/aromatic N) is 1. The Bertz CT molecular complexity index is 983. The van der Waals surface area contributed by atoms with E-state index in [2.05, 4.69) is 14.5 Å². The zero-order chi connectivity index (χ0) is 20.8. The fraction of sp³-hybridized carbons (Fsp3) is 0.273. The highest BCUT2D eigenvalue weighted by atomic mass is 31.0. The van der Waals surface area contributed by atoms with Gasteiger partial charge in [-0.25, -0.2) is 4.98 Å². The van der Waals surface area contributed by atoms with Gasteiger partial charge in [-0.2, -0.15) is 0 Å². The molecule has 0 N–H and O–H groups in total. The molecule has 1 unspecified atom stereocenters. The van der Waals surface area contributed by atoms with Gasteiger partial charge in [-0.15, -0.1) is 0 Å². The Hall–Kier alpha value is -2.85. The second kappa shape index (κ2) is 9.57. The number of carbonyl (C=O) groups is 1. The van der Waals surface area contributed by atoms with Crippen molar-refractivity contribution in [3.8, 4) is 28.7 Å². The molecule has 0 aliphatic rings. The maximum absolute atomic E-state index is 12.7. The number of rotatable bonds is 9. The Kier molecular flexibility index (Phi) is 6.89. The highest BCUT2D eigenvalue weighted by Crippen LogP contribution is 2.33. The molecule has 152 valence electrons. The quantitative estimate of drug-likeness (QED) is 0.358. The average Bonchev–Trinajstić information content (AvgIpc) is 3.20. The molecular formula is C22H24NO5P. The van der Waals surface area contributed by atoms with E-state index in [0.29, 0.717) is 47.2 Å². The second-order valence-electron chi connectivity index (χ2n) is 6.71. The lowest BCUT2D eigenvalue weighted by Gasteiger charge is -2.13. The fourth-order valence-corrected chi connectivity index (χ4v) is 3.07. The second-order valence-corrected chi connectivity index (χ2v) is 6.95. The van der Waals surface area contributed by atoms with Crippen LogP contribution in [0.4, 0.5) is 0 Å². The molecule has 3 rings (SSSR count). The van der Waals surface area contributed by atoms with Gasteiger partial charge in [0, 0.05) is 18.4 Å². The third-order valence-corrected chi connectivity index (χ3v) is 4.50. The maximum Gasteiger partial charge on any atom is 0.226 e. The van der Waals surface area contributed by atoms with E-state index in [1.54, 1.807) is 31.6 Å². The molecular weight excluding hydrogens is 389 g/mol. The maximum atomic E-state index is 12.7. The van der Waals surface area contributed by atoms with Gasteiger partial charge < -0.3 is 18.4 Å². The lowest BCUT2D eigenvalue weighted by atomic mass is 10.0. The highest BCUT2D eigenvalue weighted by Gasteiger charge is 2.15. The monoisotopic (exact) mass is 413 g/mol. The van der Waals surface area contributed by atoms with Crippen LogP contribution in [0.25, 0.3) is 11.5 Å². The van der Waals surface area contributed by atoms with E-state index in [0.717, 1.165) is 5.56 Å². The molecule has 2 aromatic carbocycles. The van der Waals surface area contributed by atoms with Crippen LogP contribution in [0.1, 0.15) is 36.3 Å². The van der Waals surface area contributed by atoms with E-state index < -0.39 is 0 Å². The molecule has 0 fully saturated rings. The summed E-state index contributed by atoms with van der Waals surface area (Å²) in [4.78, 5) is 17.2. The number of benzene rings is 2. The molecule has 1 aromatic heterocycles. The average molecular weight is 413 g/mol. The van der Waals surface area contributed by atoms with Gasteiger partial charge in [0.25, 0.3) is 0 Å². The number of Topliss-reactive ketones (excluding diaryl/α,β-unsaturated/α-hetero) is 1. The molecule has 1 heterocycles. The van der Waals surface area contributed by atoms with Crippen molar-refractivity contribution in [1.82, 2.24) is 4.98 Å². The predicted molar refractivity (Wildman–Crippen MR) is 114 cm³/mol. The summed E-state index contributed by atoms with van der Waals surface area (Å²) >= 11 is 0. The summed E-state index contributed by atoms with van der Waals surface area (Å²) in [5.74, 6) is 2.25. The Morgan fingerprint density at radius 2 is 1.93 bits per heavy atom. The zero-order valence-corrected chi connectivity index (χ0v) is 17.8. The Labute approximate surface area is 172 Å². The molecule has 0 aliphatic carbocycles. The topological polar surface area (TPSA) is 70.8 Å². The molecule has 0 amide bonds. The van der Waals surface area contributed by atoms with Crippen LogP contribution in [0, 0.1) is 0 Å². The van der Waals surface area contributed by atoms with Crippen LogP contribution in [0.2, 0.25) is 0 Å². The minimum absolute atomic E-state index is 0.00179. The largest absolute Gasteiger partial charge is 0.493 e. The van der Waals surface area contributed by atoms with Crippen molar-refractivity contribution in [3.05, 3.63) is 60.0 Å². The first-order chi connectivity index (χ1) is 14.0. The van der Waals surface area contributed by atoms with Crippen molar-refractivity contribution in [2.24, 2.45) is 0 Å². The number of ketones is 1. The normalized spacial score (nSPS) is 10.8. The van der Waals surface area contributed by atoms with Crippen LogP contribution in [0.15, 0.2) is 53.1 Å². The first-order valence-electron chi connectivity index (χ1n) is 9.30. The zero-order valence-electron chi connectivity index (χ0n) is 16.7. The van der Waals surface area contributed by atoms with Crippen LogP contribution in [0.5, 0.6) is 17.2 Å². The van der Waals surface area contributed by atoms with Crippen LogP contribution in [0.3, 0.4) is 0 Å². The standard InChI is InChI=1S/C22H24NO5P/c1-14(2)27-19-7-5-4-6-17(19)18(24)10-9-16-13-26-22(23-16)15-8-11-20(25-3)21(12-15)28-29/h4-8,11-14H,9-10,29H2,1-3H3. The number of hydrogen-bond donors (Lipinski definition) is 0. The van der Waals surface area contributed by atoms with Crippen molar-refractivity contribution >= 4 is 15.2 Å². The number of aryl methyl sites for hydroxylation is 1. The molecule has 1 atom stereocenters.